The van der Waals surface area contributed by atoms with Crippen LogP contribution in [0.2, 0.25) is 0 Å². The van der Waals surface area contributed by atoms with Crippen LogP contribution in [0.1, 0.15) is 30.4 Å². The molecule has 0 aliphatic heterocycles. The molecule has 0 aliphatic rings. The van der Waals surface area contributed by atoms with Gasteiger partial charge in [-0.3, -0.25) is 4.79 Å². The molecule has 0 radical (unpaired) electrons. The van der Waals surface area contributed by atoms with Crippen LogP contribution < -0.4 is 10.0 Å². The second-order valence-electron chi connectivity index (χ2n) is 6.00. The van der Waals surface area contributed by atoms with Crippen molar-refractivity contribution in [3.8, 4) is 0 Å². The Bertz CT molecular complexity index is 827. The van der Waals surface area contributed by atoms with Crippen molar-refractivity contribution in [2.75, 3.05) is 11.9 Å². The number of hydrogen-bond donors (Lipinski definition) is 3. The fraction of sp³-hybridized carbons (Fsp3) is 0.353. The Labute approximate surface area is 151 Å². The highest BCUT2D eigenvalue weighted by Gasteiger charge is 2.18. The first-order valence-corrected chi connectivity index (χ1v) is 10.2. The van der Waals surface area contributed by atoms with Gasteiger partial charge in [0.1, 0.15) is 6.10 Å². The minimum Gasteiger partial charge on any atom is -0.386 e. The number of carbonyl (C=O) groups excluding carboxylic acids is 1. The van der Waals surface area contributed by atoms with Gasteiger partial charge in [-0.05, 0) is 48.2 Å². The normalized spacial score (nSPS) is 13.0. The number of nitrogens with one attached hydrogen (secondary N) is 2. The number of rotatable bonds is 7. The summed E-state index contributed by atoms with van der Waals surface area (Å²) in [6.45, 7) is 5.32. The lowest BCUT2D eigenvalue weighted by atomic mass is 10.2. The van der Waals surface area contributed by atoms with Crippen molar-refractivity contribution in [2.24, 2.45) is 5.92 Å². The zero-order chi connectivity index (χ0) is 18.6. The molecular formula is C17H22N2O4S2. The largest absolute Gasteiger partial charge is 0.386 e. The first-order chi connectivity index (χ1) is 11.7. The first kappa shape index (κ1) is 19.6. The molecule has 1 heterocycles. The van der Waals surface area contributed by atoms with Crippen molar-refractivity contribution in [3.63, 3.8) is 0 Å². The van der Waals surface area contributed by atoms with Gasteiger partial charge in [-0.2, -0.15) is 0 Å². The molecule has 1 aromatic heterocycles. The van der Waals surface area contributed by atoms with Crippen molar-refractivity contribution in [3.05, 3.63) is 46.2 Å². The van der Waals surface area contributed by atoms with Gasteiger partial charge in [-0.1, -0.05) is 13.8 Å². The first-order valence-electron chi connectivity index (χ1n) is 7.83. The van der Waals surface area contributed by atoms with Gasteiger partial charge in [-0.25, -0.2) is 13.1 Å². The van der Waals surface area contributed by atoms with E-state index in [1.54, 1.807) is 13.8 Å². The van der Waals surface area contributed by atoms with E-state index < -0.39 is 16.1 Å². The summed E-state index contributed by atoms with van der Waals surface area (Å²) in [5.74, 6) is -0.296. The van der Waals surface area contributed by atoms with E-state index in [0.717, 1.165) is 10.4 Å². The quantitative estimate of drug-likeness (QED) is 0.686. The van der Waals surface area contributed by atoms with E-state index in [9.17, 15) is 18.3 Å². The maximum Gasteiger partial charge on any atom is 0.240 e. The minimum absolute atomic E-state index is 0.0742. The van der Waals surface area contributed by atoms with E-state index in [-0.39, 0.29) is 23.3 Å². The molecule has 1 amide bonds. The zero-order valence-electron chi connectivity index (χ0n) is 14.3. The van der Waals surface area contributed by atoms with Crippen molar-refractivity contribution in [1.82, 2.24) is 4.72 Å². The molecule has 136 valence electrons. The number of amides is 1. The maximum absolute atomic E-state index is 12.3. The number of thiophene rings is 1. The topological polar surface area (TPSA) is 95.5 Å². The molecule has 6 nitrogen and oxygen atoms in total. The van der Waals surface area contributed by atoms with Gasteiger partial charge < -0.3 is 10.4 Å². The second kappa shape index (κ2) is 8.09. The third kappa shape index (κ3) is 5.12. The number of aryl methyl sites for hydroxylation is 1. The monoisotopic (exact) mass is 382 g/mol. The van der Waals surface area contributed by atoms with E-state index in [2.05, 4.69) is 10.0 Å². The van der Waals surface area contributed by atoms with E-state index in [0.29, 0.717) is 5.69 Å². The SMILES string of the molecule is Cc1ccsc1C(O)CNS(=O)(=O)c1ccc(NC(=O)C(C)C)cc1. The van der Waals surface area contributed by atoms with Gasteiger partial charge in [0.25, 0.3) is 0 Å². The summed E-state index contributed by atoms with van der Waals surface area (Å²) in [6.07, 6.45) is -0.889. The van der Waals surface area contributed by atoms with Gasteiger partial charge in [0.05, 0.1) is 4.90 Å². The minimum atomic E-state index is -3.74. The lowest BCUT2D eigenvalue weighted by molar-refractivity contribution is -0.118. The van der Waals surface area contributed by atoms with Crippen molar-refractivity contribution in [1.29, 1.82) is 0 Å². The lowest BCUT2D eigenvalue weighted by Crippen LogP contribution is -2.28. The molecule has 0 spiro atoms. The smallest absolute Gasteiger partial charge is 0.240 e. The molecule has 0 fully saturated rings. The van der Waals surface area contributed by atoms with Gasteiger partial charge in [-0.15, -0.1) is 11.3 Å². The van der Waals surface area contributed by atoms with Crippen LogP contribution in [0, 0.1) is 12.8 Å². The number of aliphatic hydroxyl groups is 1. The summed E-state index contributed by atoms with van der Waals surface area (Å²) in [5.41, 5.74) is 1.47. The highest BCUT2D eigenvalue weighted by atomic mass is 32.2. The number of carbonyl (C=O) groups is 1. The third-order valence-corrected chi connectivity index (χ3v) is 6.19. The summed E-state index contributed by atoms with van der Waals surface area (Å²) >= 11 is 1.39. The zero-order valence-corrected chi connectivity index (χ0v) is 15.9. The molecule has 0 bridgehead atoms. The summed E-state index contributed by atoms with van der Waals surface area (Å²) in [7, 11) is -3.74. The average Bonchev–Trinajstić information content (AvgIpc) is 2.99. The van der Waals surface area contributed by atoms with Crippen LogP contribution >= 0.6 is 11.3 Å². The molecule has 8 heteroatoms. The standard InChI is InChI=1S/C17H22N2O4S2/c1-11(2)17(21)19-13-4-6-14(7-5-13)25(22,23)18-10-15(20)16-12(3)8-9-24-16/h4-9,11,15,18,20H,10H2,1-3H3,(H,19,21). The molecule has 0 saturated carbocycles. The molecule has 1 aromatic carbocycles. The summed E-state index contributed by atoms with van der Waals surface area (Å²) in [6, 6.07) is 7.79. The molecule has 0 saturated heterocycles. The van der Waals surface area contributed by atoms with Crippen LogP contribution in [0.3, 0.4) is 0 Å². The highest BCUT2D eigenvalue weighted by Crippen LogP contribution is 2.23. The second-order valence-corrected chi connectivity index (χ2v) is 8.72. The molecule has 2 rings (SSSR count). The van der Waals surface area contributed by atoms with E-state index in [1.165, 1.54) is 35.6 Å². The van der Waals surface area contributed by atoms with Crippen LogP contribution in [0.4, 0.5) is 5.69 Å². The van der Waals surface area contributed by atoms with Gasteiger partial charge >= 0.3 is 0 Å². The Morgan fingerprint density at radius 1 is 1.20 bits per heavy atom. The fourth-order valence-electron chi connectivity index (χ4n) is 2.09. The van der Waals surface area contributed by atoms with Crippen LogP contribution in [0.25, 0.3) is 0 Å². The third-order valence-electron chi connectivity index (χ3n) is 3.63. The molecule has 0 aliphatic carbocycles. The summed E-state index contributed by atoms with van der Waals surface area (Å²) < 4.78 is 27.1. The number of sulfonamides is 1. The number of hydrogen-bond acceptors (Lipinski definition) is 5. The maximum atomic E-state index is 12.3. The molecule has 1 atom stereocenters. The molecular weight excluding hydrogens is 360 g/mol. The van der Waals surface area contributed by atoms with Gasteiger partial charge in [0.2, 0.25) is 15.9 Å². The fourth-order valence-corrected chi connectivity index (χ4v) is 4.05. The van der Waals surface area contributed by atoms with Gasteiger partial charge in [0, 0.05) is 23.0 Å². The van der Waals surface area contributed by atoms with Gasteiger partial charge in [0.15, 0.2) is 0 Å². The summed E-state index contributed by atoms with van der Waals surface area (Å²) in [4.78, 5) is 12.5. The molecule has 1 unspecified atom stereocenters. The van der Waals surface area contributed by atoms with E-state index in [4.69, 9.17) is 0 Å². The van der Waals surface area contributed by atoms with Crippen LogP contribution in [0.5, 0.6) is 0 Å². The number of benzene rings is 1. The molecule has 25 heavy (non-hydrogen) atoms. The molecule has 2 aromatic rings. The Morgan fingerprint density at radius 3 is 2.36 bits per heavy atom. The Balaban J connectivity index is 2.02. The Hall–Kier alpha value is -1.74. The van der Waals surface area contributed by atoms with Crippen LogP contribution in [0.15, 0.2) is 40.6 Å². The molecule has 3 N–H and O–H groups in total. The lowest BCUT2D eigenvalue weighted by Gasteiger charge is -2.13. The Kier molecular flexibility index (Phi) is 6.34. The highest BCUT2D eigenvalue weighted by molar-refractivity contribution is 7.89. The average molecular weight is 383 g/mol. The van der Waals surface area contributed by atoms with E-state index >= 15 is 0 Å². The van der Waals surface area contributed by atoms with Crippen molar-refractivity contribution >= 4 is 33.0 Å². The van der Waals surface area contributed by atoms with Crippen molar-refractivity contribution < 1.29 is 18.3 Å². The number of aliphatic hydroxyl groups excluding tert-OH is 1. The van der Waals surface area contributed by atoms with E-state index in [1.807, 2.05) is 18.4 Å². The Morgan fingerprint density at radius 2 is 1.84 bits per heavy atom. The summed E-state index contributed by atoms with van der Waals surface area (Å²) in [5, 5.41) is 14.7. The number of anilines is 1. The van der Waals surface area contributed by atoms with Crippen LogP contribution in [-0.4, -0.2) is 26.0 Å². The predicted molar refractivity (Wildman–Crippen MR) is 99.1 cm³/mol. The predicted octanol–water partition coefficient (Wildman–Crippen LogP) is 2.66. The van der Waals surface area contributed by atoms with Crippen molar-refractivity contribution in [2.45, 2.75) is 31.8 Å². The van der Waals surface area contributed by atoms with Crippen LogP contribution in [-0.2, 0) is 14.8 Å².